The maximum atomic E-state index is 12.4. The van der Waals surface area contributed by atoms with Crippen molar-refractivity contribution in [2.24, 2.45) is 0 Å². The summed E-state index contributed by atoms with van der Waals surface area (Å²) in [6.45, 7) is 3.86. The summed E-state index contributed by atoms with van der Waals surface area (Å²) in [6.07, 6.45) is 0. The van der Waals surface area contributed by atoms with Gasteiger partial charge < -0.3 is 5.32 Å². The van der Waals surface area contributed by atoms with E-state index in [4.69, 9.17) is 11.6 Å². The molecule has 0 bridgehead atoms. The molecule has 0 aliphatic carbocycles. The Hall–Kier alpha value is -2.17. The van der Waals surface area contributed by atoms with Crippen LogP contribution in [-0.2, 0) is 0 Å². The van der Waals surface area contributed by atoms with E-state index in [-0.39, 0.29) is 5.91 Å². The summed E-state index contributed by atoms with van der Waals surface area (Å²) in [5, 5.41) is 6.57. The van der Waals surface area contributed by atoms with Crippen LogP contribution in [0.2, 0.25) is 5.02 Å². The van der Waals surface area contributed by atoms with Gasteiger partial charge in [-0.2, -0.15) is 0 Å². The molecular weight excluding hydrogens is 328 g/mol. The summed E-state index contributed by atoms with van der Waals surface area (Å²) in [5.74, 6) is -0.156. The van der Waals surface area contributed by atoms with Gasteiger partial charge in [0, 0.05) is 27.2 Å². The van der Waals surface area contributed by atoms with Gasteiger partial charge in [0.1, 0.15) is 0 Å². The molecule has 1 heterocycles. The molecule has 0 spiro atoms. The van der Waals surface area contributed by atoms with Crippen molar-refractivity contribution in [3.05, 3.63) is 69.0 Å². The first-order valence-electron chi connectivity index (χ1n) is 7.13. The monoisotopic (exact) mass is 342 g/mol. The average Bonchev–Trinajstić information content (AvgIpc) is 2.98. The molecule has 0 atom stereocenters. The fourth-order valence-corrected chi connectivity index (χ4v) is 3.02. The molecule has 3 rings (SSSR count). The molecule has 1 amide bonds. The SMILES string of the molecule is Cc1nc(-c2ccc(C(=O)Nc3cccc(Cl)c3C)cc2)cs1. The topological polar surface area (TPSA) is 42.0 Å². The van der Waals surface area contributed by atoms with Crippen molar-refractivity contribution in [3.63, 3.8) is 0 Å². The predicted molar refractivity (Wildman–Crippen MR) is 96.4 cm³/mol. The van der Waals surface area contributed by atoms with Gasteiger partial charge in [-0.15, -0.1) is 11.3 Å². The smallest absolute Gasteiger partial charge is 0.255 e. The number of carbonyl (C=O) groups is 1. The second-order valence-corrected chi connectivity index (χ2v) is 6.67. The molecule has 1 N–H and O–H groups in total. The lowest BCUT2D eigenvalue weighted by atomic mass is 10.1. The zero-order valence-corrected chi connectivity index (χ0v) is 14.3. The van der Waals surface area contributed by atoms with Gasteiger partial charge in [0.05, 0.1) is 10.7 Å². The van der Waals surface area contributed by atoms with Gasteiger partial charge in [0.25, 0.3) is 5.91 Å². The van der Waals surface area contributed by atoms with E-state index in [1.807, 2.05) is 43.5 Å². The molecule has 0 fully saturated rings. The van der Waals surface area contributed by atoms with Crippen LogP contribution in [0.25, 0.3) is 11.3 Å². The van der Waals surface area contributed by atoms with Crippen molar-refractivity contribution in [2.45, 2.75) is 13.8 Å². The Bertz CT molecular complexity index is 856. The highest BCUT2D eigenvalue weighted by Gasteiger charge is 2.10. The molecule has 0 saturated heterocycles. The number of nitrogens with one attached hydrogen (secondary N) is 1. The Morgan fingerprint density at radius 3 is 2.52 bits per heavy atom. The molecule has 0 aliphatic rings. The zero-order valence-electron chi connectivity index (χ0n) is 12.8. The molecule has 0 saturated carbocycles. The first-order chi connectivity index (χ1) is 11.0. The summed E-state index contributed by atoms with van der Waals surface area (Å²) in [6, 6.07) is 12.9. The van der Waals surface area contributed by atoms with Crippen molar-refractivity contribution in [1.82, 2.24) is 4.98 Å². The number of thiazole rings is 1. The van der Waals surface area contributed by atoms with Crippen molar-refractivity contribution < 1.29 is 4.79 Å². The minimum absolute atomic E-state index is 0.156. The van der Waals surface area contributed by atoms with E-state index in [0.29, 0.717) is 10.6 Å². The van der Waals surface area contributed by atoms with Crippen LogP contribution in [0.15, 0.2) is 47.8 Å². The van der Waals surface area contributed by atoms with Crippen LogP contribution in [0, 0.1) is 13.8 Å². The molecule has 0 aliphatic heterocycles. The number of rotatable bonds is 3. The first kappa shape index (κ1) is 15.7. The van der Waals surface area contributed by atoms with Crippen LogP contribution in [0.3, 0.4) is 0 Å². The van der Waals surface area contributed by atoms with E-state index >= 15 is 0 Å². The standard InChI is InChI=1S/C18H15ClN2OS/c1-11-15(19)4-3-5-16(11)21-18(22)14-8-6-13(7-9-14)17-10-23-12(2)20-17/h3-10H,1-2H3,(H,21,22). The highest BCUT2D eigenvalue weighted by molar-refractivity contribution is 7.09. The van der Waals surface area contributed by atoms with Gasteiger partial charge >= 0.3 is 0 Å². The van der Waals surface area contributed by atoms with Gasteiger partial charge in [-0.25, -0.2) is 4.98 Å². The number of aromatic nitrogens is 1. The lowest BCUT2D eigenvalue weighted by Gasteiger charge is -2.09. The van der Waals surface area contributed by atoms with Gasteiger partial charge in [-0.3, -0.25) is 4.79 Å². The fourth-order valence-electron chi connectivity index (χ4n) is 2.23. The number of nitrogens with zero attached hydrogens (tertiary/aromatic N) is 1. The second-order valence-electron chi connectivity index (χ2n) is 5.20. The normalized spacial score (nSPS) is 10.6. The minimum atomic E-state index is -0.156. The molecule has 1 aromatic heterocycles. The number of halogens is 1. The summed E-state index contributed by atoms with van der Waals surface area (Å²) >= 11 is 7.69. The van der Waals surface area contributed by atoms with Gasteiger partial charge in [0.2, 0.25) is 0 Å². The molecule has 2 aromatic carbocycles. The Balaban J connectivity index is 1.79. The molecule has 0 unspecified atom stereocenters. The van der Waals surface area contributed by atoms with Gasteiger partial charge in [-0.05, 0) is 43.7 Å². The molecular formula is C18H15ClN2OS. The highest BCUT2D eigenvalue weighted by Crippen LogP contribution is 2.24. The van der Waals surface area contributed by atoms with Gasteiger partial charge in [0.15, 0.2) is 0 Å². The van der Waals surface area contributed by atoms with Crippen LogP contribution < -0.4 is 5.32 Å². The number of anilines is 1. The zero-order chi connectivity index (χ0) is 16.4. The maximum Gasteiger partial charge on any atom is 0.255 e. The van der Waals surface area contributed by atoms with Crippen LogP contribution >= 0.6 is 22.9 Å². The summed E-state index contributed by atoms with van der Waals surface area (Å²) in [5.41, 5.74) is 4.12. The number of hydrogen-bond donors (Lipinski definition) is 1. The maximum absolute atomic E-state index is 12.4. The largest absolute Gasteiger partial charge is 0.322 e. The molecule has 3 nitrogen and oxygen atoms in total. The number of aryl methyl sites for hydroxylation is 1. The quantitative estimate of drug-likeness (QED) is 0.698. The third-order valence-electron chi connectivity index (χ3n) is 3.58. The highest BCUT2D eigenvalue weighted by atomic mass is 35.5. The van der Waals surface area contributed by atoms with Crippen molar-refractivity contribution in [2.75, 3.05) is 5.32 Å². The summed E-state index contributed by atoms with van der Waals surface area (Å²) in [7, 11) is 0. The Kier molecular flexibility index (Phi) is 4.46. The Morgan fingerprint density at radius 1 is 1.13 bits per heavy atom. The number of amides is 1. The number of carbonyl (C=O) groups excluding carboxylic acids is 1. The minimum Gasteiger partial charge on any atom is -0.322 e. The molecule has 0 radical (unpaired) electrons. The Labute approximate surface area is 144 Å². The van der Waals surface area contributed by atoms with Crippen molar-refractivity contribution in [3.8, 4) is 11.3 Å². The molecule has 23 heavy (non-hydrogen) atoms. The lowest BCUT2D eigenvalue weighted by molar-refractivity contribution is 0.102. The van der Waals surface area contributed by atoms with Crippen LogP contribution in [-0.4, -0.2) is 10.9 Å². The van der Waals surface area contributed by atoms with E-state index in [1.165, 1.54) is 0 Å². The third-order valence-corrected chi connectivity index (χ3v) is 4.76. The first-order valence-corrected chi connectivity index (χ1v) is 8.39. The van der Waals surface area contributed by atoms with E-state index in [0.717, 1.165) is 27.5 Å². The van der Waals surface area contributed by atoms with Crippen LogP contribution in [0.4, 0.5) is 5.69 Å². The van der Waals surface area contributed by atoms with E-state index in [2.05, 4.69) is 10.3 Å². The molecule has 3 aromatic rings. The lowest BCUT2D eigenvalue weighted by Crippen LogP contribution is -2.12. The third kappa shape index (κ3) is 3.44. The second kappa shape index (κ2) is 6.52. The molecule has 116 valence electrons. The summed E-state index contributed by atoms with van der Waals surface area (Å²) in [4.78, 5) is 16.8. The van der Waals surface area contributed by atoms with Gasteiger partial charge in [-0.1, -0.05) is 29.8 Å². The van der Waals surface area contributed by atoms with Crippen molar-refractivity contribution in [1.29, 1.82) is 0 Å². The molecule has 5 heteroatoms. The van der Waals surface area contributed by atoms with Crippen LogP contribution in [0.5, 0.6) is 0 Å². The average molecular weight is 343 g/mol. The van der Waals surface area contributed by atoms with E-state index < -0.39 is 0 Å². The van der Waals surface area contributed by atoms with Crippen LogP contribution in [0.1, 0.15) is 20.9 Å². The van der Waals surface area contributed by atoms with E-state index in [1.54, 1.807) is 29.5 Å². The predicted octanol–water partition coefficient (Wildman–Crippen LogP) is 5.33. The van der Waals surface area contributed by atoms with E-state index in [9.17, 15) is 4.79 Å². The number of hydrogen-bond acceptors (Lipinski definition) is 3. The number of benzene rings is 2. The Morgan fingerprint density at radius 2 is 1.87 bits per heavy atom. The summed E-state index contributed by atoms with van der Waals surface area (Å²) < 4.78 is 0. The fraction of sp³-hybridized carbons (Fsp3) is 0.111. The van der Waals surface area contributed by atoms with Crippen molar-refractivity contribution >= 4 is 34.5 Å².